The standard InChI is InChI=1S/C16H16F2N2O/c1-3-19-15-8-10(2)4-6-12(15)16(21)20-11-5-7-13(17)14(18)9-11/h4-9,19H,3H2,1-2H3,(H,20,21). The van der Waals surface area contributed by atoms with Gasteiger partial charge in [0.1, 0.15) is 0 Å². The minimum atomic E-state index is -0.997. The van der Waals surface area contributed by atoms with Crippen molar-refractivity contribution in [3.63, 3.8) is 0 Å². The van der Waals surface area contributed by atoms with E-state index in [9.17, 15) is 13.6 Å². The van der Waals surface area contributed by atoms with Crippen molar-refractivity contribution in [2.45, 2.75) is 13.8 Å². The maximum Gasteiger partial charge on any atom is 0.257 e. The van der Waals surface area contributed by atoms with E-state index in [1.807, 2.05) is 26.0 Å². The Morgan fingerprint density at radius 1 is 1.10 bits per heavy atom. The van der Waals surface area contributed by atoms with E-state index in [0.29, 0.717) is 17.8 Å². The SMILES string of the molecule is CCNc1cc(C)ccc1C(=O)Nc1ccc(F)c(F)c1. The van der Waals surface area contributed by atoms with E-state index in [-0.39, 0.29) is 11.6 Å². The molecule has 0 bridgehead atoms. The minimum Gasteiger partial charge on any atom is -0.385 e. The van der Waals surface area contributed by atoms with Gasteiger partial charge < -0.3 is 10.6 Å². The molecule has 5 heteroatoms. The van der Waals surface area contributed by atoms with Crippen molar-refractivity contribution < 1.29 is 13.6 Å². The summed E-state index contributed by atoms with van der Waals surface area (Å²) in [6.07, 6.45) is 0. The second kappa shape index (κ2) is 6.35. The molecule has 110 valence electrons. The van der Waals surface area contributed by atoms with Gasteiger partial charge in [0.15, 0.2) is 11.6 Å². The molecule has 1 amide bonds. The molecule has 2 N–H and O–H groups in total. The summed E-state index contributed by atoms with van der Waals surface area (Å²) in [5.41, 5.74) is 2.39. The highest BCUT2D eigenvalue weighted by Crippen LogP contribution is 2.20. The molecular weight excluding hydrogens is 274 g/mol. The molecule has 0 aromatic heterocycles. The van der Waals surface area contributed by atoms with Crippen LogP contribution in [0.3, 0.4) is 0 Å². The number of hydrogen-bond acceptors (Lipinski definition) is 2. The molecule has 2 aromatic rings. The van der Waals surface area contributed by atoms with E-state index >= 15 is 0 Å². The summed E-state index contributed by atoms with van der Waals surface area (Å²) in [7, 11) is 0. The first kappa shape index (κ1) is 15.0. The molecule has 0 heterocycles. The van der Waals surface area contributed by atoms with Gasteiger partial charge in [-0.2, -0.15) is 0 Å². The first-order valence-electron chi connectivity index (χ1n) is 6.62. The molecule has 0 atom stereocenters. The van der Waals surface area contributed by atoms with Crippen LogP contribution in [0.4, 0.5) is 20.2 Å². The lowest BCUT2D eigenvalue weighted by Gasteiger charge is -2.12. The molecule has 0 radical (unpaired) electrons. The average molecular weight is 290 g/mol. The molecular formula is C16H16F2N2O. The number of benzene rings is 2. The number of hydrogen-bond donors (Lipinski definition) is 2. The molecule has 0 fully saturated rings. The molecule has 21 heavy (non-hydrogen) atoms. The van der Waals surface area contributed by atoms with Crippen LogP contribution >= 0.6 is 0 Å². The average Bonchev–Trinajstić information content (AvgIpc) is 2.43. The van der Waals surface area contributed by atoms with Crippen LogP contribution in [-0.2, 0) is 0 Å². The van der Waals surface area contributed by atoms with Gasteiger partial charge in [-0.1, -0.05) is 6.07 Å². The zero-order valence-corrected chi connectivity index (χ0v) is 11.8. The van der Waals surface area contributed by atoms with Crippen LogP contribution in [0.5, 0.6) is 0 Å². The summed E-state index contributed by atoms with van der Waals surface area (Å²) in [5, 5.41) is 5.67. The maximum absolute atomic E-state index is 13.1. The topological polar surface area (TPSA) is 41.1 Å². The molecule has 2 rings (SSSR count). The Hall–Kier alpha value is -2.43. The van der Waals surface area contributed by atoms with Crippen LogP contribution in [0.1, 0.15) is 22.8 Å². The summed E-state index contributed by atoms with van der Waals surface area (Å²) in [6, 6.07) is 8.63. The third kappa shape index (κ3) is 3.56. The minimum absolute atomic E-state index is 0.210. The molecule has 0 aliphatic rings. The van der Waals surface area contributed by atoms with Crippen LogP contribution < -0.4 is 10.6 Å². The summed E-state index contributed by atoms with van der Waals surface area (Å²) in [6.45, 7) is 4.53. The molecule has 0 spiro atoms. The zero-order valence-electron chi connectivity index (χ0n) is 11.8. The number of rotatable bonds is 4. The van der Waals surface area contributed by atoms with Gasteiger partial charge in [0, 0.05) is 24.0 Å². The first-order chi connectivity index (χ1) is 10.0. The quantitative estimate of drug-likeness (QED) is 0.895. The van der Waals surface area contributed by atoms with Crippen molar-refractivity contribution in [1.29, 1.82) is 0 Å². The van der Waals surface area contributed by atoms with Crippen LogP contribution in [0.15, 0.2) is 36.4 Å². The Bertz CT molecular complexity index is 671. The fourth-order valence-corrected chi connectivity index (χ4v) is 1.97. The number of amides is 1. The van der Waals surface area contributed by atoms with Gasteiger partial charge in [-0.05, 0) is 43.7 Å². The van der Waals surface area contributed by atoms with Crippen LogP contribution in [0.25, 0.3) is 0 Å². The maximum atomic E-state index is 13.1. The highest BCUT2D eigenvalue weighted by molar-refractivity contribution is 6.08. The summed E-state index contributed by atoms with van der Waals surface area (Å²) < 4.78 is 26.0. The number of carbonyl (C=O) groups excluding carboxylic acids is 1. The number of nitrogens with one attached hydrogen (secondary N) is 2. The molecule has 0 saturated carbocycles. The third-order valence-corrected chi connectivity index (χ3v) is 2.96. The van der Waals surface area contributed by atoms with E-state index in [2.05, 4.69) is 10.6 Å². The van der Waals surface area contributed by atoms with E-state index in [4.69, 9.17) is 0 Å². The lowest BCUT2D eigenvalue weighted by Crippen LogP contribution is -2.15. The summed E-state index contributed by atoms with van der Waals surface area (Å²) >= 11 is 0. The lowest BCUT2D eigenvalue weighted by atomic mass is 10.1. The van der Waals surface area contributed by atoms with E-state index in [1.54, 1.807) is 6.07 Å². The number of aryl methyl sites for hydroxylation is 1. The second-order valence-electron chi connectivity index (χ2n) is 4.66. The molecule has 0 unspecified atom stereocenters. The normalized spacial score (nSPS) is 10.3. The fourth-order valence-electron chi connectivity index (χ4n) is 1.97. The van der Waals surface area contributed by atoms with E-state index < -0.39 is 11.6 Å². The smallest absolute Gasteiger partial charge is 0.257 e. The summed E-state index contributed by atoms with van der Waals surface area (Å²) in [5.74, 6) is -2.32. The van der Waals surface area contributed by atoms with Gasteiger partial charge in [-0.3, -0.25) is 4.79 Å². The fraction of sp³-hybridized carbons (Fsp3) is 0.188. The Morgan fingerprint density at radius 3 is 2.52 bits per heavy atom. The molecule has 2 aromatic carbocycles. The van der Waals surface area contributed by atoms with Gasteiger partial charge in [0.2, 0.25) is 0 Å². The molecule has 0 saturated heterocycles. The predicted molar refractivity (Wildman–Crippen MR) is 79.7 cm³/mol. The van der Waals surface area contributed by atoms with Crippen LogP contribution in [-0.4, -0.2) is 12.5 Å². The third-order valence-electron chi connectivity index (χ3n) is 2.96. The highest BCUT2D eigenvalue weighted by Gasteiger charge is 2.12. The largest absolute Gasteiger partial charge is 0.385 e. The predicted octanol–water partition coefficient (Wildman–Crippen LogP) is 3.96. The molecule has 0 aliphatic carbocycles. The number of anilines is 2. The second-order valence-corrected chi connectivity index (χ2v) is 4.66. The van der Waals surface area contributed by atoms with Crippen molar-refractivity contribution in [2.75, 3.05) is 17.2 Å². The van der Waals surface area contributed by atoms with Crippen molar-refractivity contribution >= 4 is 17.3 Å². The van der Waals surface area contributed by atoms with Gasteiger partial charge >= 0.3 is 0 Å². The van der Waals surface area contributed by atoms with Crippen LogP contribution in [0.2, 0.25) is 0 Å². The van der Waals surface area contributed by atoms with Crippen LogP contribution in [0, 0.1) is 18.6 Å². The van der Waals surface area contributed by atoms with E-state index in [0.717, 1.165) is 17.7 Å². The first-order valence-corrected chi connectivity index (χ1v) is 6.62. The highest BCUT2D eigenvalue weighted by atomic mass is 19.2. The number of halogens is 2. The Labute approximate surface area is 122 Å². The molecule has 0 aliphatic heterocycles. The Morgan fingerprint density at radius 2 is 1.86 bits per heavy atom. The van der Waals surface area contributed by atoms with Crippen molar-refractivity contribution in [3.8, 4) is 0 Å². The van der Waals surface area contributed by atoms with Crippen molar-refractivity contribution in [1.82, 2.24) is 0 Å². The number of carbonyl (C=O) groups is 1. The molecule has 3 nitrogen and oxygen atoms in total. The van der Waals surface area contributed by atoms with Gasteiger partial charge in [-0.25, -0.2) is 8.78 Å². The van der Waals surface area contributed by atoms with Gasteiger partial charge in [0.25, 0.3) is 5.91 Å². The van der Waals surface area contributed by atoms with Crippen molar-refractivity contribution in [3.05, 3.63) is 59.2 Å². The van der Waals surface area contributed by atoms with Crippen molar-refractivity contribution in [2.24, 2.45) is 0 Å². The van der Waals surface area contributed by atoms with E-state index in [1.165, 1.54) is 6.07 Å². The monoisotopic (exact) mass is 290 g/mol. The van der Waals surface area contributed by atoms with Gasteiger partial charge in [0.05, 0.1) is 5.56 Å². The Balaban J connectivity index is 2.25. The Kier molecular flexibility index (Phi) is 4.52. The lowest BCUT2D eigenvalue weighted by molar-refractivity contribution is 0.102. The van der Waals surface area contributed by atoms with Gasteiger partial charge in [-0.15, -0.1) is 0 Å². The summed E-state index contributed by atoms with van der Waals surface area (Å²) in [4.78, 5) is 12.2. The zero-order chi connectivity index (χ0) is 15.4.